The van der Waals surface area contributed by atoms with Crippen molar-refractivity contribution < 1.29 is 23.9 Å². The van der Waals surface area contributed by atoms with Gasteiger partial charge in [-0.25, -0.2) is 4.98 Å². The minimum absolute atomic E-state index is 0.0528. The van der Waals surface area contributed by atoms with Gasteiger partial charge < -0.3 is 14.2 Å². The van der Waals surface area contributed by atoms with Gasteiger partial charge in [0.2, 0.25) is 11.7 Å². The lowest BCUT2D eigenvalue weighted by Crippen LogP contribution is -2.07. The normalized spacial score (nSPS) is 10.9. The molecule has 150 valence electrons. The molecule has 0 atom stereocenters. The van der Waals surface area contributed by atoms with Crippen molar-refractivity contribution in [2.24, 2.45) is 0 Å². The average molecular weight is 415 g/mol. The summed E-state index contributed by atoms with van der Waals surface area (Å²) in [6, 6.07) is 7.79. The first-order valence-electron chi connectivity index (χ1n) is 8.29. The minimum Gasteiger partial charge on any atom is -0.493 e. The number of nitrogens with zero attached hydrogens (tertiary/aromatic N) is 2. The van der Waals surface area contributed by atoms with Gasteiger partial charge in [0, 0.05) is 18.2 Å². The van der Waals surface area contributed by atoms with E-state index in [0.717, 1.165) is 4.70 Å². The number of amides is 1. The molecule has 0 saturated heterocycles. The Balaban J connectivity index is 1.77. The summed E-state index contributed by atoms with van der Waals surface area (Å²) < 4.78 is 16.6. The maximum atomic E-state index is 12.2. The van der Waals surface area contributed by atoms with Crippen LogP contribution in [0.4, 0.5) is 10.8 Å². The molecule has 0 aliphatic carbocycles. The third-order valence-electron chi connectivity index (χ3n) is 3.93. The predicted molar refractivity (Wildman–Crippen MR) is 110 cm³/mol. The molecule has 0 bridgehead atoms. The second-order valence-electron chi connectivity index (χ2n) is 5.71. The van der Waals surface area contributed by atoms with Gasteiger partial charge in [-0.3, -0.25) is 20.2 Å². The van der Waals surface area contributed by atoms with Crippen molar-refractivity contribution in [1.29, 1.82) is 0 Å². The van der Waals surface area contributed by atoms with Crippen LogP contribution in [0.2, 0.25) is 0 Å². The Kier molecular flexibility index (Phi) is 5.93. The molecule has 1 heterocycles. The number of nitro groups is 1. The lowest BCUT2D eigenvalue weighted by Gasteiger charge is -2.12. The second kappa shape index (κ2) is 8.57. The van der Waals surface area contributed by atoms with Crippen LogP contribution in [0.3, 0.4) is 0 Å². The largest absolute Gasteiger partial charge is 0.493 e. The van der Waals surface area contributed by atoms with Crippen LogP contribution < -0.4 is 19.5 Å². The number of ether oxygens (including phenoxy) is 3. The lowest BCUT2D eigenvalue weighted by molar-refractivity contribution is -0.384. The average Bonchev–Trinajstić information content (AvgIpc) is 3.12. The third-order valence-corrected chi connectivity index (χ3v) is 4.88. The molecule has 1 aromatic heterocycles. The monoisotopic (exact) mass is 415 g/mol. The molecule has 3 rings (SSSR count). The molecular weight excluding hydrogens is 398 g/mol. The Morgan fingerprint density at radius 2 is 1.83 bits per heavy atom. The number of fused-ring (bicyclic) bond motifs is 1. The molecule has 2 aromatic carbocycles. The first kappa shape index (κ1) is 20.1. The number of hydrogen-bond donors (Lipinski definition) is 1. The number of methoxy groups -OCH3 is 3. The summed E-state index contributed by atoms with van der Waals surface area (Å²) >= 11 is 1.23. The van der Waals surface area contributed by atoms with E-state index in [2.05, 4.69) is 10.3 Å². The Morgan fingerprint density at radius 3 is 2.41 bits per heavy atom. The molecule has 29 heavy (non-hydrogen) atoms. The first-order valence-corrected chi connectivity index (χ1v) is 9.11. The van der Waals surface area contributed by atoms with E-state index in [1.54, 1.807) is 24.3 Å². The molecule has 9 nitrogen and oxygen atoms in total. The predicted octanol–water partition coefficient (Wildman–Crippen LogP) is 3.88. The van der Waals surface area contributed by atoms with E-state index >= 15 is 0 Å². The van der Waals surface area contributed by atoms with Crippen molar-refractivity contribution in [2.45, 2.75) is 0 Å². The molecule has 0 unspecified atom stereocenters. The Morgan fingerprint density at radius 1 is 1.14 bits per heavy atom. The Hall–Kier alpha value is -3.66. The van der Waals surface area contributed by atoms with Crippen molar-refractivity contribution in [1.82, 2.24) is 4.98 Å². The number of benzene rings is 2. The van der Waals surface area contributed by atoms with Crippen molar-refractivity contribution in [3.8, 4) is 17.2 Å². The summed E-state index contributed by atoms with van der Waals surface area (Å²) in [6.07, 6.45) is 2.94. The van der Waals surface area contributed by atoms with Gasteiger partial charge in [0.15, 0.2) is 16.6 Å². The third kappa shape index (κ3) is 4.43. The van der Waals surface area contributed by atoms with Crippen LogP contribution >= 0.6 is 11.3 Å². The number of thiazole rings is 1. The summed E-state index contributed by atoms with van der Waals surface area (Å²) in [5, 5.41) is 13.9. The number of rotatable bonds is 7. The van der Waals surface area contributed by atoms with Gasteiger partial charge in [0.25, 0.3) is 5.69 Å². The standard InChI is InChI=1S/C19H17N3O6S/c1-26-14-8-11(9-15(27-2)18(14)28-3)4-7-17(23)21-19-20-13-10-12(22(24)25)5-6-16(13)29-19/h4-10H,1-3H3,(H,20,21,23)/b7-4+. The highest BCUT2D eigenvalue weighted by atomic mass is 32.1. The fourth-order valence-electron chi connectivity index (χ4n) is 2.60. The van der Waals surface area contributed by atoms with Crippen molar-refractivity contribution >= 4 is 44.4 Å². The first-order chi connectivity index (χ1) is 13.9. The molecule has 10 heteroatoms. The molecular formula is C19H17N3O6S. The van der Waals surface area contributed by atoms with Crippen LogP contribution in [0.5, 0.6) is 17.2 Å². The van der Waals surface area contributed by atoms with E-state index in [0.29, 0.717) is 33.5 Å². The van der Waals surface area contributed by atoms with Crippen LogP contribution in [0.1, 0.15) is 5.56 Å². The molecule has 1 amide bonds. The van der Waals surface area contributed by atoms with Gasteiger partial charge in [-0.1, -0.05) is 11.3 Å². The van der Waals surface area contributed by atoms with Crippen molar-refractivity contribution in [3.05, 3.63) is 52.1 Å². The molecule has 1 N–H and O–H groups in total. The summed E-state index contributed by atoms with van der Waals surface area (Å²) in [7, 11) is 4.53. The number of anilines is 1. The number of aromatic nitrogens is 1. The molecule has 0 radical (unpaired) electrons. The van der Waals surface area contributed by atoms with Gasteiger partial charge in [-0.15, -0.1) is 0 Å². The maximum absolute atomic E-state index is 12.2. The summed E-state index contributed by atoms with van der Waals surface area (Å²) in [4.78, 5) is 26.8. The van der Waals surface area contributed by atoms with E-state index in [9.17, 15) is 14.9 Å². The fourth-order valence-corrected chi connectivity index (χ4v) is 3.45. The molecule has 0 spiro atoms. The highest BCUT2D eigenvalue weighted by molar-refractivity contribution is 7.22. The SMILES string of the molecule is COc1cc(/C=C/C(=O)Nc2nc3cc([N+](=O)[O-])ccc3s2)cc(OC)c1OC. The zero-order valence-corrected chi connectivity index (χ0v) is 16.6. The zero-order chi connectivity index (χ0) is 21.0. The molecule has 0 fully saturated rings. The number of hydrogen-bond acceptors (Lipinski definition) is 8. The fraction of sp³-hybridized carbons (Fsp3) is 0.158. The number of carbonyl (C=O) groups excluding carboxylic acids is 1. The number of nitrogens with one attached hydrogen (secondary N) is 1. The summed E-state index contributed by atoms with van der Waals surface area (Å²) in [5.41, 5.74) is 1.07. The van der Waals surface area contributed by atoms with Gasteiger partial charge in [0.1, 0.15) is 0 Å². The zero-order valence-electron chi connectivity index (χ0n) is 15.8. The van der Waals surface area contributed by atoms with Crippen LogP contribution in [-0.4, -0.2) is 37.1 Å². The number of nitro benzene ring substituents is 1. The second-order valence-corrected chi connectivity index (χ2v) is 6.74. The quantitative estimate of drug-likeness (QED) is 0.354. The molecule has 0 aliphatic rings. The lowest BCUT2D eigenvalue weighted by atomic mass is 10.1. The smallest absolute Gasteiger partial charge is 0.271 e. The van der Waals surface area contributed by atoms with Crippen molar-refractivity contribution in [3.63, 3.8) is 0 Å². The van der Waals surface area contributed by atoms with Gasteiger partial charge in [-0.05, 0) is 29.8 Å². The van der Waals surface area contributed by atoms with E-state index in [1.165, 1.54) is 50.9 Å². The van der Waals surface area contributed by atoms with E-state index < -0.39 is 10.8 Å². The highest BCUT2D eigenvalue weighted by Gasteiger charge is 2.13. The summed E-state index contributed by atoms with van der Waals surface area (Å²) in [5.74, 6) is 1.01. The summed E-state index contributed by atoms with van der Waals surface area (Å²) in [6.45, 7) is 0. The molecule has 0 saturated carbocycles. The van der Waals surface area contributed by atoms with Gasteiger partial charge in [0.05, 0.1) is 36.5 Å². The number of non-ortho nitro benzene ring substituents is 1. The Bertz CT molecular complexity index is 1080. The van der Waals surface area contributed by atoms with Crippen LogP contribution in [-0.2, 0) is 4.79 Å². The van der Waals surface area contributed by atoms with Gasteiger partial charge >= 0.3 is 0 Å². The van der Waals surface area contributed by atoms with E-state index in [-0.39, 0.29) is 5.69 Å². The van der Waals surface area contributed by atoms with Crippen molar-refractivity contribution in [2.75, 3.05) is 26.6 Å². The van der Waals surface area contributed by atoms with E-state index in [1.807, 2.05) is 0 Å². The number of carbonyl (C=O) groups is 1. The topological polar surface area (TPSA) is 113 Å². The minimum atomic E-state index is -0.489. The van der Waals surface area contributed by atoms with Crippen LogP contribution in [0.25, 0.3) is 16.3 Å². The van der Waals surface area contributed by atoms with Crippen LogP contribution in [0.15, 0.2) is 36.4 Å². The maximum Gasteiger partial charge on any atom is 0.271 e. The Labute approximate surface area is 169 Å². The molecule has 3 aromatic rings. The molecule has 0 aliphatic heterocycles. The van der Waals surface area contributed by atoms with E-state index in [4.69, 9.17) is 14.2 Å². The highest BCUT2D eigenvalue weighted by Crippen LogP contribution is 2.38. The van der Waals surface area contributed by atoms with Gasteiger partial charge in [-0.2, -0.15) is 0 Å². The van der Waals surface area contributed by atoms with Crippen LogP contribution in [0, 0.1) is 10.1 Å².